The van der Waals surface area contributed by atoms with Gasteiger partial charge >= 0.3 is 0 Å². The van der Waals surface area contributed by atoms with Crippen LogP contribution >= 0.6 is 15.9 Å². The number of benzene rings is 1. The molecule has 3 nitrogen and oxygen atoms in total. The molecule has 0 saturated heterocycles. The van der Waals surface area contributed by atoms with Gasteiger partial charge in [-0.05, 0) is 36.1 Å². The summed E-state index contributed by atoms with van der Waals surface area (Å²) in [4.78, 5) is 11.2. The minimum Gasteiger partial charge on any atom is -0.366 e. The molecular weight excluding hydrogens is 244 g/mol. The molecule has 0 fully saturated rings. The molecule has 4 heteroatoms. The third kappa shape index (κ3) is 1.35. The van der Waals surface area contributed by atoms with Gasteiger partial charge in [0.15, 0.2) is 0 Å². The van der Waals surface area contributed by atoms with Crippen LogP contribution in [0.25, 0.3) is 0 Å². The van der Waals surface area contributed by atoms with Crippen molar-refractivity contribution < 1.29 is 4.79 Å². The van der Waals surface area contributed by atoms with E-state index in [0.717, 1.165) is 28.4 Å². The molecular formula is C10H11BrN2O. The third-order valence-electron chi connectivity index (χ3n) is 2.64. The lowest BCUT2D eigenvalue weighted by Gasteiger charge is -2.10. The van der Waals surface area contributed by atoms with E-state index in [2.05, 4.69) is 15.9 Å². The molecule has 1 unspecified atom stereocenters. The zero-order chi connectivity index (χ0) is 10.3. The molecule has 0 aliphatic heterocycles. The summed E-state index contributed by atoms with van der Waals surface area (Å²) in [5, 5.41) is 0. The highest BCUT2D eigenvalue weighted by Gasteiger charge is 2.25. The first-order valence-corrected chi connectivity index (χ1v) is 5.27. The molecule has 0 aromatic heterocycles. The zero-order valence-corrected chi connectivity index (χ0v) is 9.17. The monoisotopic (exact) mass is 254 g/mol. The van der Waals surface area contributed by atoms with Gasteiger partial charge in [-0.3, -0.25) is 4.79 Å². The van der Waals surface area contributed by atoms with Gasteiger partial charge in [0.1, 0.15) is 0 Å². The van der Waals surface area contributed by atoms with Gasteiger partial charge < -0.3 is 11.5 Å². The van der Waals surface area contributed by atoms with Gasteiger partial charge in [0.25, 0.3) is 0 Å². The smallest absolute Gasteiger partial charge is 0.249 e. The Labute approximate surface area is 90.6 Å². The number of hydrogen-bond acceptors (Lipinski definition) is 2. The van der Waals surface area contributed by atoms with Crippen molar-refractivity contribution in [2.24, 2.45) is 11.5 Å². The standard InChI is InChI=1S/C10H11BrN2O/c11-7-3-1-6(10(13)14)9-5(7)2-4-8(9)12/h1,3,8H,2,4,12H2,(H2,13,14). The lowest BCUT2D eigenvalue weighted by Crippen LogP contribution is -2.17. The molecule has 0 radical (unpaired) electrons. The van der Waals surface area contributed by atoms with Crippen molar-refractivity contribution in [1.29, 1.82) is 0 Å². The molecule has 4 N–H and O–H groups in total. The van der Waals surface area contributed by atoms with Gasteiger partial charge in [-0.15, -0.1) is 0 Å². The highest BCUT2D eigenvalue weighted by atomic mass is 79.9. The van der Waals surface area contributed by atoms with E-state index in [1.165, 1.54) is 0 Å². The first-order chi connectivity index (χ1) is 6.61. The summed E-state index contributed by atoms with van der Waals surface area (Å²) in [6.07, 6.45) is 1.80. The maximum Gasteiger partial charge on any atom is 0.249 e. The Morgan fingerprint density at radius 1 is 1.50 bits per heavy atom. The minimum absolute atomic E-state index is 0.0509. The number of amides is 1. The number of halogens is 1. The summed E-state index contributed by atoms with van der Waals surface area (Å²) < 4.78 is 1.02. The fourth-order valence-electron chi connectivity index (χ4n) is 1.97. The van der Waals surface area contributed by atoms with Crippen LogP contribution < -0.4 is 11.5 Å². The molecule has 1 aliphatic carbocycles. The van der Waals surface area contributed by atoms with Crippen LogP contribution in [0.3, 0.4) is 0 Å². The van der Waals surface area contributed by atoms with E-state index in [4.69, 9.17) is 11.5 Å². The maximum absolute atomic E-state index is 11.2. The Bertz CT molecular complexity index is 403. The summed E-state index contributed by atoms with van der Waals surface area (Å²) in [5.74, 6) is -0.397. The number of hydrogen-bond donors (Lipinski definition) is 2. The Morgan fingerprint density at radius 3 is 2.86 bits per heavy atom. The molecule has 1 aliphatic rings. The SMILES string of the molecule is NC(=O)c1ccc(Br)c2c1C(N)CC2. The quantitative estimate of drug-likeness (QED) is 0.798. The highest BCUT2D eigenvalue weighted by molar-refractivity contribution is 9.10. The van der Waals surface area contributed by atoms with Crippen molar-refractivity contribution in [3.63, 3.8) is 0 Å². The molecule has 2 rings (SSSR count). The number of rotatable bonds is 1. The first kappa shape index (κ1) is 9.68. The molecule has 0 heterocycles. The fraction of sp³-hybridized carbons (Fsp3) is 0.300. The van der Waals surface area contributed by atoms with Crippen LogP contribution in [0.1, 0.15) is 33.9 Å². The van der Waals surface area contributed by atoms with Crippen molar-refractivity contribution in [2.45, 2.75) is 18.9 Å². The van der Waals surface area contributed by atoms with E-state index in [0.29, 0.717) is 5.56 Å². The van der Waals surface area contributed by atoms with Crippen LogP contribution in [0.4, 0.5) is 0 Å². The van der Waals surface area contributed by atoms with E-state index >= 15 is 0 Å². The molecule has 1 atom stereocenters. The number of carbonyl (C=O) groups excluding carboxylic acids is 1. The van der Waals surface area contributed by atoms with E-state index in [-0.39, 0.29) is 6.04 Å². The van der Waals surface area contributed by atoms with Crippen molar-refractivity contribution in [1.82, 2.24) is 0 Å². The van der Waals surface area contributed by atoms with E-state index in [1.807, 2.05) is 6.07 Å². The second-order valence-electron chi connectivity index (χ2n) is 3.50. The largest absolute Gasteiger partial charge is 0.366 e. The van der Waals surface area contributed by atoms with E-state index < -0.39 is 5.91 Å². The van der Waals surface area contributed by atoms with Crippen LogP contribution in [0.5, 0.6) is 0 Å². The van der Waals surface area contributed by atoms with Gasteiger partial charge in [-0.1, -0.05) is 15.9 Å². The lowest BCUT2D eigenvalue weighted by molar-refractivity contribution is 0.0999. The third-order valence-corrected chi connectivity index (χ3v) is 3.38. The van der Waals surface area contributed by atoms with Crippen molar-refractivity contribution in [3.8, 4) is 0 Å². The van der Waals surface area contributed by atoms with Gasteiger partial charge in [-0.2, -0.15) is 0 Å². The summed E-state index contributed by atoms with van der Waals surface area (Å²) in [6.45, 7) is 0. The Kier molecular flexibility index (Phi) is 2.33. The lowest BCUT2D eigenvalue weighted by atomic mass is 10.0. The summed E-state index contributed by atoms with van der Waals surface area (Å²) in [6, 6.07) is 3.54. The van der Waals surface area contributed by atoms with Gasteiger partial charge in [0.2, 0.25) is 5.91 Å². The van der Waals surface area contributed by atoms with Crippen LogP contribution in [0, 0.1) is 0 Å². The first-order valence-electron chi connectivity index (χ1n) is 4.48. The van der Waals surface area contributed by atoms with Crippen molar-refractivity contribution >= 4 is 21.8 Å². The molecule has 0 saturated carbocycles. The topological polar surface area (TPSA) is 69.1 Å². The van der Waals surface area contributed by atoms with E-state index in [9.17, 15) is 4.79 Å². The Morgan fingerprint density at radius 2 is 2.21 bits per heavy atom. The predicted octanol–water partition coefficient (Wildman–Crippen LogP) is 1.49. The van der Waals surface area contributed by atoms with Crippen molar-refractivity contribution in [3.05, 3.63) is 33.3 Å². The fourth-order valence-corrected chi connectivity index (χ4v) is 2.52. The molecule has 1 aromatic rings. The number of carbonyl (C=O) groups is 1. The van der Waals surface area contributed by atoms with Crippen LogP contribution in [0.15, 0.2) is 16.6 Å². The molecule has 0 bridgehead atoms. The van der Waals surface area contributed by atoms with Gasteiger partial charge in [0.05, 0.1) is 0 Å². The summed E-state index contributed by atoms with van der Waals surface area (Å²) in [7, 11) is 0. The molecule has 74 valence electrons. The second-order valence-corrected chi connectivity index (χ2v) is 4.35. The van der Waals surface area contributed by atoms with Crippen molar-refractivity contribution in [2.75, 3.05) is 0 Å². The van der Waals surface area contributed by atoms with Crippen LogP contribution in [0.2, 0.25) is 0 Å². The normalized spacial score (nSPS) is 19.4. The summed E-state index contributed by atoms with van der Waals surface area (Å²) in [5.41, 5.74) is 13.8. The molecule has 14 heavy (non-hydrogen) atoms. The number of fused-ring (bicyclic) bond motifs is 1. The zero-order valence-electron chi connectivity index (χ0n) is 7.59. The van der Waals surface area contributed by atoms with Gasteiger partial charge in [-0.25, -0.2) is 0 Å². The predicted molar refractivity (Wildman–Crippen MR) is 57.9 cm³/mol. The highest BCUT2D eigenvalue weighted by Crippen LogP contribution is 2.36. The van der Waals surface area contributed by atoms with E-state index in [1.54, 1.807) is 6.07 Å². The van der Waals surface area contributed by atoms with Crippen LogP contribution in [-0.4, -0.2) is 5.91 Å². The second kappa shape index (κ2) is 3.37. The summed E-state index contributed by atoms with van der Waals surface area (Å²) >= 11 is 3.45. The van der Waals surface area contributed by atoms with Gasteiger partial charge in [0, 0.05) is 16.1 Å². The number of primary amides is 1. The average Bonchev–Trinajstić information content (AvgIpc) is 2.50. The Hall–Kier alpha value is -0.870. The maximum atomic E-state index is 11.2. The molecule has 1 amide bonds. The average molecular weight is 255 g/mol. The Balaban J connectivity index is 2.66. The van der Waals surface area contributed by atoms with Crippen LogP contribution in [-0.2, 0) is 6.42 Å². The minimum atomic E-state index is -0.397. The molecule has 0 spiro atoms. The molecule has 1 aromatic carbocycles. The number of nitrogens with two attached hydrogens (primary N) is 2.